The van der Waals surface area contributed by atoms with Gasteiger partial charge in [0.2, 0.25) is 0 Å². The second-order valence-corrected chi connectivity index (χ2v) is 7.92. The van der Waals surface area contributed by atoms with Crippen LogP contribution in [0.3, 0.4) is 0 Å². The fourth-order valence-electron chi connectivity index (χ4n) is 3.71. The minimum Gasteiger partial charge on any atom is -0.493 e. The number of rotatable bonds is 11. The molecule has 0 saturated heterocycles. The summed E-state index contributed by atoms with van der Waals surface area (Å²) in [5.74, 6) is -0.245. The van der Waals surface area contributed by atoms with E-state index in [9.17, 15) is 14.4 Å². The highest BCUT2D eigenvalue weighted by Gasteiger charge is 2.24. The average molecular weight is 482 g/mol. The fraction of sp³-hybridized carbons (Fsp3) is 0.400. The molecule has 0 spiro atoms. The molecule has 2 heterocycles. The van der Waals surface area contributed by atoms with Crippen LogP contribution in [0.5, 0.6) is 5.75 Å². The van der Waals surface area contributed by atoms with Gasteiger partial charge in [-0.3, -0.25) is 9.59 Å². The Bertz CT molecular complexity index is 1220. The molecule has 0 saturated carbocycles. The van der Waals surface area contributed by atoms with Gasteiger partial charge in [0.1, 0.15) is 17.6 Å². The number of nitrogens with one attached hydrogen (secondary N) is 3. The predicted molar refractivity (Wildman–Crippen MR) is 130 cm³/mol. The Kier molecular flexibility index (Phi) is 8.77. The number of methoxy groups -OCH3 is 1. The molecule has 10 nitrogen and oxygen atoms in total. The van der Waals surface area contributed by atoms with Crippen molar-refractivity contribution in [2.75, 3.05) is 13.7 Å². The average Bonchev–Trinajstić information content (AvgIpc) is 3.39. The van der Waals surface area contributed by atoms with Gasteiger partial charge < -0.3 is 24.8 Å². The second-order valence-electron chi connectivity index (χ2n) is 7.92. The van der Waals surface area contributed by atoms with E-state index in [1.165, 1.54) is 13.4 Å². The van der Waals surface area contributed by atoms with Gasteiger partial charge in [-0.05, 0) is 37.5 Å². The monoisotopic (exact) mass is 481 g/mol. The van der Waals surface area contributed by atoms with Gasteiger partial charge >= 0.3 is 5.97 Å². The molecule has 0 fully saturated rings. The van der Waals surface area contributed by atoms with Gasteiger partial charge in [-0.2, -0.15) is 0 Å². The summed E-state index contributed by atoms with van der Waals surface area (Å²) in [6.45, 7) is 6.30. The summed E-state index contributed by atoms with van der Waals surface area (Å²) in [7, 11) is 1.26. The smallest absolute Gasteiger partial charge is 0.328 e. The van der Waals surface area contributed by atoms with Gasteiger partial charge in [-0.1, -0.05) is 20.8 Å². The molecule has 0 aliphatic heterocycles. The number of carbonyl (C=O) groups is 2. The quantitative estimate of drug-likeness (QED) is 0.358. The number of aromatic amines is 2. The molecule has 3 aromatic rings. The van der Waals surface area contributed by atoms with E-state index < -0.39 is 17.9 Å². The Labute approximate surface area is 203 Å². The lowest BCUT2D eigenvalue weighted by Crippen LogP contribution is -2.43. The maximum Gasteiger partial charge on any atom is 0.328 e. The van der Waals surface area contributed by atoms with Crippen LogP contribution in [0.2, 0.25) is 0 Å². The third kappa shape index (κ3) is 6.14. The van der Waals surface area contributed by atoms with Crippen LogP contribution in [-0.4, -0.2) is 51.6 Å². The molecule has 0 aliphatic carbocycles. The maximum absolute atomic E-state index is 13.1. The maximum atomic E-state index is 13.1. The molecule has 10 heteroatoms. The second kappa shape index (κ2) is 12.0. The number of hydrogen-bond donors (Lipinski definition) is 3. The molecule has 3 N–H and O–H groups in total. The highest BCUT2D eigenvalue weighted by Crippen LogP contribution is 2.29. The first-order chi connectivity index (χ1) is 16.9. The van der Waals surface area contributed by atoms with Crippen molar-refractivity contribution >= 4 is 11.9 Å². The minimum absolute atomic E-state index is 0.166. The van der Waals surface area contributed by atoms with Gasteiger partial charge in [-0.15, -0.1) is 0 Å². The number of carbonyl (C=O) groups excluding carboxylic acids is 2. The molecular formula is C25H31N5O5. The van der Waals surface area contributed by atoms with Crippen LogP contribution in [0, 0.1) is 0 Å². The van der Waals surface area contributed by atoms with Crippen LogP contribution in [0.1, 0.15) is 54.5 Å². The van der Waals surface area contributed by atoms with Gasteiger partial charge in [0.15, 0.2) is 0 Å². The lowest BCUT2D eigenvalue weighted by molar-refractivity contribution is -0.142. The van der Waals surface area contributed by atoms with Gasteiger partial charge in [0.25, 0.3) is 11.5 Å². The lowest BCUT2D eigenvalue weighted by atomic mass is 10.1. The zero-order chi connectivity index (χ0) is 25.4. The Hall–Kier alpha value is -3.95. The van der Waals surface area contributed by atoms with E-state index in [2.05, 4.69) is 25.3 Å². The van der Waals surface area contributed by atoms with Gasteiger partial charge in [0, 0.05) is 23.7 Å². The fourth-order valence-corrected chi connectivity index (χ4v) is 3.71. The first-order valence-electron chi connectivity index (χ1n) is 11.7. The number of amides is 1. The van der Waals surface area contributed by atoms with Crippen LogP contribution in [0.4, 0.5) is 0 Å². The summed E-state index contributed by atoms with van der Waals surface area (Å²) in [6.07, 6.45) is 5.26. The number of esters is 1. The zero-order valence-electron chi connectivity index (χ0n) is 20.4. The number of benzene rings is 1. The Balaban J connectivity index is 1.98. The molecule has 0 bridgehead atoms. The summed E-state index contributed by atoms with van der Waals surface area (Å²) < 4.78 is 10.7. The van der Waals surface area contributed by atoms with E-state index >= 15 is 0 Å². The van der Waals surface area contributed by atoms with E-state index in [1.54, 1.807) is 24.4 Å². The molecule has 186 valence electrons. The van der Waals surface area contributed by atoms with Crippen molar-refractivity contribution < 1.29 is 19.1 Å². The Morgan fingerprint density at radius 1 is 1.17 bits per heavy atom. The molecule has 3 rings (SSSR count). The SMILES string of the molecule is CCCOc1ccc(C(=O)NC(Cc2c[nH]cn2)C(=O)OC)cc1-c1nc(CC)c(CC)c(=O)[nH]1. The Morgan fingerprint density at radius 2 is 1.97 bits per heavy atom. The highest BCUT2D eigenvalue weighted by atomic mass is 16.5. The van der Waals surface area contributed by atoms with Crippen molar-refractivity contribution in [3.05, 3.63) is 63.6 Å². The summed E-state index contributed by atoms with van der Waals surface area (Å²) in [5.41, 5.74) is 2.50. The van der Waals surface area contributed by atoms with E-state index in [-0.39, 0.29) is 17.5 Å². The molecule has 0 radical (unpaired) electrons. The van der Waals surface area contributed by atoms with Crippen molar-refractivity contribution in [3.63, 3.8) is 0 Å². The zero-order valence-corrected chi connectivity index (χ0v) is 20.4. The highest BCUT2D eigenvalue weighted by molar-refractivity contribution is 5.98. The molecule has 35 heavy (non-hydrogen) atoms. The Morgan fingerprint density at radius 3 is 2.60 bits per heavy atom. The van der Waals surface area contributed by atoms with Crippen LogP contribution in [0.15, 0.2) is 35.5 Å². The van der Waals surface area contributed by atoms with Crippen molar-refractivity contribution in [2.24, 2.45) is 0 Å². The predicted octanol–water partition coefficient (Wildman–Crippen LogP) is 2.59. The van der Waals surface area contributed by atoms with Crippen molar-refractivity contribution in [2.45, 2.75) is 52.5 Å². The number of aryl methyl sites for hydroxylation is 1. The molecule has 1 amide bonds. The first kappa shape index (κ1) is 25.7. The first-order valence-corrected chi connectivity index (χ1v) is 11.7. The lowest BCUT2D eigenvalue weighted by Gasteiger charge is -2.17. The summed E-state index contributed by atoms with van der Waals surface area (Å²) in [5, 5.41) is 2.72. The molecule has 0 aliphatic rings. The number of H-pyrrole nitrogens is 2. The van der Waals surface area contributed by atoms with E-state index in [0.717, 1.165) is 6.42 Å². The van der Waals surface area contributed by atoms with Crippen LogP contribution < -0.4 is 15.6 Å². The van der Waals surface area contributed by atoms with Crippen molar-refractivity contribution in [1.82, 2.24) is 25.3 Å². The van der Waals surface area contributed by atoms with E-state index in [4.69, 9.17) is 9.47 Å². The largest absolute Gasteiger partial charge is 0.493 e. The summed E-state index contributed by atoms with van der Waals surface area (Å²) in [6, 6.07) is 3.95. The number of nitrogens with zero attached hydrogens (tertiary/aromatic N) is 2. The van der Waals surface area contributed by atoms with Crippen LogP contribution >= 0.6 is 0 Å². The van der Waals surface area contributed by atoms with E-state index in [0.29, 0.717) is 53.5 Å². The number of imidazole rings is 1. The molecule has 1 aromatic carbocycles. The van der Waals surface area contributed by atoms with Crippen LogP contribution in [-0.2, 0) is 28.8 Å². The number of ether oxygens (including phenoxy) is 2. The number of aromatic nitrogens is 4. The molecular weight excluding hydrogens is 450 g/mol. The molecule has 2 aromatic heterocycles. The molecule has 1 atom stereocenters. The third-order valence-corrected chi connectivity index (χ3v) is 5.51. The summed E-state index contributed by atoms with van der Waals surface area (Å²) >= 11 is 0. The normalized spacial score (nSPS) is 11.7. The third-order valence-electron chi connectivity index (χ3n) is 5.51. The van der Waals surface area contributed by atoms with Crippen molar-refractivity contribution in [3.8, 4) is 17.1 Å². The topological polar surface area (TPSA) is 139 Å². The van der Waals surface area contributed by atoms with E-state index in [1.807, 2.05) is 20.8 Å². The van der Waals surface area contributed by atoms with Gasteiger partial charge in [-0.25, -0.2) is 14.8 Å². The van der Waals surface area contributed by atoms with Crippen molar-refractivity contribution in [1.29, 1.82) is 0 Å². The van der Waals surface area contributed by atoms with Gasteiger partial charge in [0.05, 0.1) is 37.0 Å². The molecule has 1 unspecified atom stereocenters. The minimum atomic E-state index is -0.927. The van der Waals surface area contributed by atoms with Crippen LogP contribution in [0.25, 0.3) is 11.4 Å². The number of hydrogen-bond acceptors (Lipinski definition) is 7. The standard InChI is InChI=1S/C25H31N5O5/c1-5-10-35-21-9-8-15(11-18(21)22-28-19(7-3)17(6-2)24(32)30-22)23(31)29-20(25(33)34-4)12-16-13-26-14-27-16/h8-9,11,13-14,20H,5-7,10,12H2,1-4H3,(H,26,27)(H,29,31)(H,28,30,32). The summed E-state index contributed by atoms with van der Waals surface area (Å²) in [4.78, 5) is 52.5.